The van der Waals surface area contributed by atoms with Gasteiger partial charge in [-0.25, -0.2) is 8.42 Å². The third-order valence-electron chi connectivity index (χ3n) is 4.35. The van der Waals surface area contributed by atoms with Crippen molar-refractivity contribution in [1.82, 2.24) is 19.7 Å². The van der Waals surface area contributed by atoms with Crippen LogP contribution < -0.4 is 0 Å². The molecule has 1 aliphatic carbocycles. The van der Waals surface area contributed by atoms with Crippen LogP contribution in [0.2, 0.25) is 5.02 Å². The van der Waals surface area contributed by atoms with E-state index in [1.54, 1.807) is 32.0 Å². The van der Waals surface area contributed by atoms with Crippen molar-refractivity contribution in [3.05, 3.63) is 46.6 Å². The highest BCUT2D eigenvalue weighted by molar-refractivity contribution is 7.89. The molecule has 8 nitrogen and oxygen atoms in total. The number of hydrogen-bond acceptors (Lipinski definition) is 7. The molecule has 2 heterocycles. The number of sulfonamides is 1. The Morgan fingerprint density at radius 2 is 1.96 bits per heavy atom. The summed E-state index contributed by atoms with van der Waals surface area (Å²) in [5.41, 5.74) is 0.935. The lowest BCUT2D eigenvalue weighted by Crippen LogP contribution is -2.33. The normalized spacial score (nSPS) is 14.8. The number of aryl methyl sites for hydroxylation is 2. The first kappa shape index (κ1) is 18.1. The van der Waals surface area contributed by atoms with E-state index in [-0.39, 0.29) is 35.0 Å². The number of nitrogens with zero attached hydrogens (tertiary/aromatic N) is 4. The minimum atomic E-state index is -3.79. The van der Waals surface area contributed by atoms with Crippen molar-refractivity contribution < 1.29 is 17.4 Å². The molecule has 10 heteroatoms. The van der Waals surface area contributed by atoms with Crippen LogP contribution in [-0.2, 0) is 16.6 Å². The van der Waals surface area contributed by atoms with Crippen molar-refractivity contribution in [2.24, 2.45) is 0 Å². The molecule has 0 unspecified atom stereocenters. The highest BCUT2D eigenvalue weighted by Gasteiger charge is 2.41. The quantitative estimate of drug-likeness (QED) is 0.616. The Bertz CT molecular complexity index is 1070. The Morgan fingerprint density at radius 3 is 2.59 bits per heavy atom. The molecule has 0 amide bonds. The third kappa shape index (κ3) is 3.38. The minimum absolute atomic E-state index is 0.0193. The molecule has 1 saturated carbocycles. The van der Waals surface area contributed by atoms with E-state index in [1.165, 1.54) is 4.31 Å². The van der Waals surface area contributed by atoms with Gasteiger partial charge in [-0.15, -0.1) is 10.2 Å². The molecule has 1 fully saturated rings. The number of aromatic nitrogens is 3. The summed E-state index contributed by atoms with van der Waals surface area (Å²) in [6.45, 7) is 3.17. The molecule has 0 saturated heterocycles. The van der Waals surface area contributed by atoms with Crippen molar-refractivity contribution in [2.45, 2.75) is 44.2 Å². The van der Waals surface area contributed by atoms with Crippen LogP contribution in [0.1, 0.15) is 30.2 Å². The van der Waals surface area contributed by atoms with E-state index in [0.29, 0.717) is 16.3 Å². The number of hydrogen-bond donors (Lipinski definition) is 0. The van der Waals surface area contributed by atoms with E-state index in [9.17, 15) is 8.42 Å². The van der Waals surface area contributed by atoms with Crippen molar-refractivity contribution in [1.29, 1.82) is 0 Å². The van der Waals surface area contributed by atoms with Gasteiger partial charge in [-0.05, 0) is 38.8 Å². The van der Waals surface area contributed by atoms with Crippen LogP contribution in [0, 0.1) is 13.8 Å². The SMILES string of the molecule is Cc1noc(C)c1S(=O)(=O)N(Cc1nnc(-c2ccccc2Cl)o1)C1CC1. The first-order valence-corrected chi connectivity index (χ1v) is 10.2. The molecule has 0 atom stereocenters. The van der Waals surface area contributed by atoms with Crippen molar-refractivity contribution in [2.75, 3.05) is 0 Å². The van der Waals surface area contributed by atoms with Gasteiger partial charge in [0.2, 0.25) is 21.8 Å². The topological polar surface area (TPSA) is 102 Å². The van der Waals surface area contributed by atoms with E-state index in [2.05, 4.69) is 15.4 Å². The monoisotopic (exact) mass is 408 g/mol. The Morgan fingerprint density at radius 1 is 1.22 bits per heavy atom. The average Bonchev–Trinajstić information content (AvgIpc) is 3.25. The zero-order valence-corrected chi connectivity index (χ0v) is 16.3. The summed E-state index contributed by atoms with van der Waals surface area (Å²) in [6.07, 6.45) is 1.57. The third-order valence-corrected chi connectivity index (χ3v) is 6.82. The first-order chi connectivity index (χ1) is 12.9. The molecule has 1 aliphatic rings. The van der Waals surface area contributed by atoms with Crippen LogP contribution in [0.15, 0.2) is 38.1 Å². The standard InChI is InChI=1S/C17H17ClN4O4S/c1-10-16(11(2)26-21-10)27(23,24)22(12-7-8-12)9-15-19-20-17(25-15)13-5-3-4-6-14(13)18/h3-6,12H,7-9H2,1-2H3. The molecule has 2 aromatic heterocycles. The smallest absolute Gasteiger partial charge is 0.249 e. The Hall–Kier alpha value is -2.23. The van der Waals surface area contributed by atoms with E-state index in [0.717, 1.165) is 12.8 Å². The summed E-state index contributed by atoms with van der Waals surface area (Å²) in [4.78, 5) is 0.0974. The Balaban J connectivity index is 1.65. The van der Waals surface area contributed by atoms with Crippen molar-refractivity contribution in [3.63, 3.8) is 0 Å². The van der Waals surface area contributed by atoms with Gasteiger partial charge in [0.15, 0.2) is 5.76 Å². The molecule has 0 radical (unpaired) electrons. The fraction of sp³-hybridized carbons (Fsp3) is 0.353. The predicted octanol–water partition coefficient (Wildman–Crippen LogP) is 3.35. The van der Waals surface area contributed by atoms with Gasteiger partial charge < -0.3 is 8.94 Å². The summed E-state index contributed by atoms with van der Waals surface area (Å²) in [5.74, 6) is 0.716. The van der Waals surface area contributed by atoms with Crippen molar-refractivity contribution in [3.8, 4) is 11.5 Å². The molecular formula is C17H17ClN4O4S. The number of halogens is 1. The number of benzene rings is 1. The van der Waals surface area contributed by atoms with Crippen LogP contribution in [0.3, 0.4) is 0 Å². The largest absolute Gasteiger partial charge is 0.419 e. The fourth-order valence-corrected chi connectivity index (χ4v) is 5.07. The van der Waals surface area contributed by atoms with Crippen molar-refractivity contribution >= 4 is 21.6 Å². The van der Waals surface area contributed by atoms with Gasteiger partial charge >= 0.3 is 0 Å². The Kier molecular flexibility index (Phi) is 4.53. The van der Waals surface area contributed by atoms with E-state index < -0.39 is 10.0 Å². The maximum absolute atomic E-state index is 13.2. The molecule has 0 bridgehead atoms. The number of rotatable bonds is 6. The summed E-state index contributed by atoms with van der Waals surface area (Å²) in [5, 5.41) is 12.2. The van der Waals surface area contributed by atoms with Crippen LogP contribution >= 0.6 is 11.6 Å². The van der Waals surface area contributed by atoms with Crippen LogP contribution in [-0.4, -0.2) is 34.1 Å². The molecule has 0 spiro atoms. The second-order valence-electron chi connectivity index (χ2n) is 6.42. The van der Waals surface area contributed by atoms with Gasteiger partial charge in [0.25, 0.3) is 0 Å². The van der Waals surface area contributed by atoms with E-state index in [4.69, 9.17) is 20.5 Å². The summed E-state index contributed by atoms with van der Waals surface area (Å²) >= 11 is 6.16. The molecular weight excluding hydrogens is 392 g/mol. The lowest BCUT2D eigenvalue weighted by atomic mass is 10.2. The van der Waals surface area contributed by atoms with E-state index in [1.807, 2.05) is 6.07 Å². The van der Waals surface area contributed by atoms with Gasteiger partial charge in [0.1, 0.15) is 10.6 Å². The van der Waals surface area contributed by atoms with Crippen LogP contribution in [0.4, 0.5) is 0 Å². The molecule has 142 valence electrons. The zero-order valence-electron chi connectivity index (χ0n) is 14.7. The summed E-state index contributed by atoms with van der Waals surface area (Å²) < 4.78 is 38.4. The Labute approximate surface area is 161 Å². The van der Waals surface area contributed by atoms with Gasteiger partial charge in [0.05, 0.1) is 17.1 Å². The summed E-state index contributed by atoms with van der Waals surface area (Å²) in [7, 11) is -3.79. The fourth-order valence-electron chi connectivity index (χ4n) is 2.93. The minimum Gasteiger partial charge on any atom is -0.419 e. The van der Waals surface area contributed by atoms with Gasteiger partial charge in [-0.2, -0.15) is 4.31 Å². The average molecular weight is 409 g/mol. The molecule has 0 N–H and O–H groups in total. The maximum atomic E-state index is 13.2. The maximum Gasteiger partial charge on any atom is 0.249 e. The van der Waals surface area contributed by atoms with E-state index >= 15 is 0 Å². The second-order valence-corrected chi connectivity index (χ2v) is 8.65. The second kappa shape index (κ2) is 6.74. The molecule has 1 aromatic carbocycles. The predicted molar refractivity (Wildman–Crippen MR) is 96.5 cm³/mol. The molecule has 0 aliphatic heterocycles. The molecule has 27 heavy (non-hydrogen) atoms. The molecule has 3 aromatic rings. The lowest BCUT2D eigenvalue weighted by Gasteiger charge is -2.19. The van der Waals surface area contributed by atoms with Gasteiger partial charge in [-0.1, -0.05) is 28.9 Å². The summed E-state index contributed by atoms with van der Waals surface area (Å²) in [6, 6.07) is 7.00. The zero-order chi connectivity index (χ0) is 19.2. The first-order valence-electron chi connectivity index (χ1n) is 8.40. The van der Waals surface area contributed by atoms with Gasteiger partial charge in [-0.3, -0.25) is 0 Å². The lowest BCUT2D eigenvalue weighted by molar-refractivity contribution is 0.349. The van der Waals surface area contributed by atoms with Crippen LogP contribution in [0.25, 0.3) is 11.5 Å². The molecule has 4 rings (SSSR count). The van der Waals surface area contributed by atoms with Crippen LogP contribution in [0.5, 0.6) is 0 Å². The highest BCUT2D eigenvalue weighted by Crippen LogP contribution is 2.35. The highest BCUT2D eigenvalue weighted by atomic mass is 35.5. The van der Waals surface area contributed by atoms with Gasteiger partial charge in [0, 0.05) is 6.04 Å².